The third kappa shape index (κ3) is 2.49. The number of halogens is 2. The fraction of sp³-hybridized carbons (Fsp3) is 0.333. The number of benzene rings is 1. The van der Waals surface area contributed by atoms with E-state index in [0.29, 0.717) is 22.2 Å². The molecule has 0 fully saturated rings. The van der Waals surface area contributed by atoms with Crippen molar-refractivity contribution in [3.05, 3.63) is 50.8 Å². The van der Waals surface area contributed by atoms with Crippen molar-refractivity contribution in [2.24, 2.45) is 0 Å². The van der Waals surface area contributed by atoms with E-state index in [1.54, 1.807) is 25.2 Å². The van der Waals surface area contributed by atoms with Crippen LogP contribution in [0.3, 0.4) is 0 Å². The number of nitrogens with zero attached hydrogens (tertiary/aromatic N) is 2. The Balaban J connectivity index is 1.97. The lowest BCUT2D eigenvalue weighted by Crippen LogP contribution is -2.36. The Kier molecular flexibility index (Phi) is 3.89. The molecule has 116 valence electrons. The largest absolute Gasteiger partial charge is 0.390 e. The van der Waals surface area contributed by atoms with Gasteiger partial charge < -0.3 is 10.0 Å². The van der Waals surface area contributed by atoms with E-state index < -0.39 is 12.1 Å². The van der Waals surface area contributed by atoms with Gasteiger partial charge in [0.2, 0.25) is 0 Å². The highest BCUT2D eigenvalue weighted by Crippen LogP contribution is 2.41. The van der Waals surface area contributed by atoms with Crippen molar-refractivity contribution in [3.8, 4) is 0 Å². The minimum atomic E-state index is -0.722. The number of carbonyl (C=O) groups is 1. The molecule has 7 heteroatoms. The summed E-state index contributed by atoms with van der Waals surface area (Å²) in [5.74, 6) is -0.266. The number of hydrogen-bond donors (Lipinski definition) is 2. The van der Waals surface area contributed by atoms with Crippen molar-refractivity contribution in [2.75, 3.05) is 7.05 Å². The lowest BCUT2D eigenvalue weighted by molar-refractivity contribution is 0.0492. The van der Waals surface area contributed by atoms with Crippen LogP contribution in [0.5, 0.6) is 0 Å². The van der Waals surface area contributed by atoms with Crippen molar-refractivity contribution in [2.45, 2.75) is 25.5 Å². The summed E-state index contributed by atoms with van der Waals surface area (Å²) in [6.07, 6.45) is -0.326. The van der Waals surface area contributed by atoms with Crippen LogP contribution in [0.25, 0.3) is 0 Å². The summed E-state index contributed by atoms with van der Waals surface area (Å²) >= 11 is 12.3. The summed E-state index contributed by atoms with van der Waals surface area (Å²) in [4.78, 5) is 14.0. The van der Waals surface area contributed by atoms with Crippen LogP contribution in [0.4, 0.5) is 0 Å². The van der Waals surface area contributed by atoms with Gasteiger partial charge in [0.15, 0.2) is 0 Å². The number of carbonyl (C=O) groups excluding carboxylic acids is 1. The highest BCUT2D eigenvalue weighted by Gasteiger charge is 2.38. The van der Waals surface area contributed by atoms with Crippen LogP contribution in [0.2, 0.25) is 10.0 Å². The van der Waals surface area contributed by atoms with Crippen molar-refractivity contribution in [1.29, 1.82) is 0 Å². The van der Waals surface area contributed by atoms with E-state index in [-0.39, 0.29) is 5.91 Å². The van der Waals surface area contributed by atoms with Gasteiger partial charge in [0, 0.05) is 29.2 Å². The van der Waals surface area contributed by atoms with E-state index in [0.717, 1.165) is 16.8 Å². The molecule has 1 heterocycles. The number of aromatic amines is 1. The first-order valence-electron chi connectivity index (χ1n) is 6.83. The molecule has 1 aromatic carbocycles. The number of fused-ring (bicyclic) bond motifs is 1. The maximum Gasteiger partial charge on any atom is 0.274 e. The van der Waals surface area contributed by atoms with Gasteiger partial charge in [-0.05, 0) is 36.2 Å². The van der Waals surface area contributed by atoms with Crippen LogP contribution in [0, 0.1) is 6.92 Å². The number of aryl methyl sites for hydroxylation is 1. The average molecular weight is 340 g/mol. The minimum absolute atomic E-state index is 0.266. The van der Waals surface area contributed by atoms with Crippen LogP contribution >= 0.6 is 23.2 Å². The standard InChI is InChI=1S/C15H15Cl2N3O2/c1-7-3-12(19-18-7)15(22)20(2)14-10-4-8(16)5-11(17)9(10)6-13(14)21/h3-5,13-14,21H,6H2,1-2H3,(H,18,19)/t13-,14-/m0/s1. The fourth-order valence-corrected chi connectivity index (χ4v) is 3.52. The molecule has 0 saturated heterocycles. The first kappa shape index (κ1) is 15.3. The second-order valence-corrected chi connectivity index (χ2v) is 6.37. The van der Waals surface area contributed by atoms with Crippen molar-refractivity contribution >= 4 is 29.1 Å². The van der Waals surface area contributed by atoms with Gasteiger partial charge in [-0.1, -0.05) is 23.2 Å². The normalized spacial score (nSPS) is 20.0. The summed E-state index contributed by atoms with van der Waals surface area (Å²) in [5, 5.41) is 18.1. The number of rotatable bonds is 2. The second kappa shape index (κ2) is 5.57. The number of H-pyrrole nitrogens is 1. The number of aliphatic hydroxyl groups excluding tert-OH is 1. The topological polar surface area (TPSA) is 69.2 Å². The number of likely N-dealkylation sites (N-methyl/N-ethyl adjacent to an activating group) is 1. The highest BCUT2D eigenvalue weighted by atomic mass is 35.5. The predicted molar refractivity (Wildman–Crippen MR) is 84.3 cm³/mol. The molecule has 0 unspecified atom stereocenters. The Morgan fingerprint density at radius 3 is 2.77 bits per heavy atom. The van der Waals surface area contributed by atoms with E-state index in [2.05, 4.69) is 10.2 Å². The van der Waals surface area contributed by atoms with Gasteiger partial charge in [-0.2, -0.15) is 5.10 Å². The Hall–Kier alpha value is -1.56. The quantitative estimate of drug-likeness (QED) is 0.883. The zero-order valence-corrected chi connectivity index (χ0v) is 13.6. The monoisotopic (exact) mass is 339 g/mol. The molecule has 1 amide bonds. The molecule has 0 saturated carbocycles. The molecule has 22 heavy (non-hydrogen) atoms. The second-order valence-electron chi connectivity index (χ2n) is 5.52. The van der Waals surface area contributed by atoms with E-state index in [1.807, 2.05) is 6.92 Å². The molecule has 2 aromatic rings. The van der Waals surface area contributed by atoms with E-state index in [4.69, 9.17) is 23.2 Å². The van der Waals surface area contributed by atoms with Crippen LogP contribution in [0.15, 0.2) is 18.2 Å². The van der Waals surface area contributed by atoms with Crippen molar-refractivity contribution in [1.82, 2.24) is 15.1 Å². The molecule has 0 spiro atoms. The molecular formula is C15H15Cl2N3O2. The predicted octanol–water partition coefficient (Wildman–Crippen LogP) is 2.76. The Labute approximate surface area is 137 Å². The maximum atomic E-state index is 12.5. The molecule has 3 rings (SSSR count). The maximum absolute atomic E-state index is 12.5. The summed E-state index contributed by atoms with van der Waals surface area (Å²) < 4.78 is 0. The van der Waals surface area contributed by atoms with E-state index in [9.17, 15) is 9.90 Å². The smallest absolute Gasteiger partial charge is 0.274 e. The van der Waals surface area contributed by atoms with Crippen molar-refractivity contribution in [3.63, 3.8) is 0 Å². The number of hydrogen-bond acceptors (Lipinski definition) is 3. The summed E-state index contributed by atoms with van der Waals surface area (Å²) in [7, 11) is 1.64. The molecule has 1 aliphatic rings. The number of aliphatic hydroxyl groups is 1. The van der Waals surface area contributed by atoms with Gasteiger partial charge in [-0.3, -0.25) is 9.89 Å². The summed E-state index contributed by atoms with van der Waals surface area (Å²) in [6, 6.07) is 4.58. The number of nitrogens with one attached hydrogen (secondary N) is 1. The third-order valence-corrected chi connectivity index (χ3v) is 4.51. The van der Waals surface area contributed by atoms with Gasteiger partial charge in [-0.25, -0.2) is 0 Å². The van der Waals surface area contributed by atoms with Crippen LogP contribution in [-0.2, 0) is 6.42 Å². The number of amides is 1. The fourth-order valence-electron chi connectivity index (χ4n) is 2.93. The average Bonchev–Trinajstić information content (AvgIpc) is 3.01. The Morgan fingerprint density at radius 1 is 1.41 bits per heavy atom. The Bertz CT molecular complexity index is 744. The zero-order chi connectivity index (χ0) is 16.0. The van der Waals surface area contributed by atoms with Crippen LogP contribution in [-0.4, -0.2) is 39.3 Å². The van der Waals surface area contributed by atoms with Crippen molar-refractivity contribution < 1.29 is 9.90 Å². The van der Waals surface area contributed by atoms with Crippen LogP contribution in [0.1, 0.15) is 33.4 Å². The molecule has 5 nitrogen and oxygen atoms in total. The van der Waals surface area contributed by atoms with Gasteiger partial charge in [-0.15, -0.1) is 0 Å². The molecule has 0 bridgehead atoms. The van der Waals surface area contributed by atoms with E-state index in [1.165, 1.54) is 4.90 Å². The minimum Gasteiger partial charge on any atom is -0.390 e. The summed E-state index contributed by atoms with van der Waals surface area (Å²) in [5.41, 5.74) is 2.73. The van der Waals surface area contributed by atoms with E-state index >= 15 is 0 Å². The van der Waals surface area contributed by atoms with Gasteiger partial charge >= 0.3 is 0 Å². The lowest BCUT2D eigenvalue weighted by Gasteiger charge is -2.27. The molecule has 0 radical (unpaired) electrons. The number of aromatic nitrogens is 2. The van der Waals surface area contributed by atoms with Gasteiger partial charge in [0.1, 0.15) is 5.69 Å². The van der Waals surface area contributed by atoms with Gasteiger partial charge in [0.05, 0.1) is 12.1 Å². The van der Waals surface area contributed by atoms with Crippen LogP contribution < -0.4 is 0 Å². The first-order chi connectivity index (χ1) is 10.4. The third-order valence-electron chi connectivity index (χ3n) is 3.95. The Morgan fingerprint density at radius 2 is 2.14 bits per heavy atom. The highest BCUT2D eigenvalue weighted by molar-refractivity contribution is 6.35. The lowest BCUT2D eigenvalue weighted by atomic mass is 10.1. The molecule has 2 atom stereocenters. The zero-order valence-electron chi connectivity index (χ0n) is 12.1. The molecule has 0 aliphatic heterocycles. The first-order valence-corrected chi connectivity index (χ1v) is 7.59. The molecule has 1 aliphatic carbocycles. The molecular weight excluding hydrogens is 325 g/mol. The molecule has 1 aromatic heterocycles. The summed E-state index contributed by atoms with van der Waals surface area (Å²) in [6.45, 7) is 1.82. The SMILES string of the molecule is Cc1cc(C(=O)N(C)[C@H]2c3cc(Cl)cc(Cl)c3C[C@@H]2O)n[nH]1. The molecule has 2 N–H and O–H groups in total. The van der Waals surface area contributed by atoms with Gasteiger partial charge in [0.25, 0.3) is 5.91 Å².